The number of methoxy groups -OCH3 is 1. The zero-order valence-electron chi connectivity index (χ0n) is 7.13. The molecule has 0 aliphatic carbocycles. The van der Waals surface area contributed by atoms with Gasteiger partial charge in [0.2, 0.25) is 0 Å². The molecule has 1 aliphatic rings. The van der Waals surface area contributed by atoms with E-state index < -0.39 is 24.6 Å². The summed E-state index contributed by atoms with van der Waals surface area (Å²) < 4.78 is 32.3. The lowest BCUT2D eigenvalue weighted by molar-refractivity contribution is -0.177. The Kier molecular flexibility index (Phi) is 3.56. The lowest BCUT2D eigenvalue weighted by atomic mass is 10.1. The van der Waals surface area contributed by atoms with Gasteiger partial charge < -0.3 is 14.8 Å². The summed E-state index contributed by atoms with van der Waals surface area (Å²) in [5, 5.41) is 2.78. The Balaban J connectivity index is 2.48. The molecule has 1 rings (SSSR count). The van der Waals surface area contributed by atoms with Crippen LogP contribution in [0.4, 0.5) is 8.78 Å². The second-order valence-electron chi connectivity index (χ2n) is 2.72. The number of carbonyl (C=O) groups excluding carboxylic acids is 1. The van der Waals surface area contributed by atoms with Gasteiger partial charge in [-0.1, -0.05) is 0 Å². The summed E-state index contributed by atoms with van der Waals surface area (Å²) in [6.07, 6.45) is -0.785. The van der Waals surface area contributed by atoms with Crippen LogP contribution in [-0.2, 0) is 14.3 Å². The highest BCUT2D eigenvalue weighted by atomic mass is 19.3. The van der Waals surface area contributed by atoms with Gasteiger partial charge in [-0.3, -0.25) is 4.79 Å². The second-order valence-corrected chi connectivity index (χ2v) is 2.72. The number of hydrogen-bond acceptors (Lipinski definition) is 4. The van der Waals surface area contributed by atoms with E-state index in [1.54, 1.807) is 0 Å². The predicted octanol–water partition coefficient (Wildman–Crippen LogP) is -0.0134. The van der Waals surface area contributed by atoms with Crippen LogP contribution in [0, 0.1) is 5.92 Å². The first-order valence-corrected chi connectivity index (χ1v) is 3.87. The fourth-order valence-electron chi connectivity index (χ4n) is 1.32. The third kappa shape index (κ3) is 2.60. The Morgan fingerprint density at radius 1 is 1.54 bits per heavy atom. The SMILES string of the molecule is COC(=O)[C@H]1CNC[C@@H]1OC(F)F. The van der Waals surface area contributed by atoms with Gasteiger partial charge in [0.05, 0.1) is 19.1 Å². The summed E-state index contributed by atoms with van der Waals surface area (Å²) in [5.74, 6) is -1.14. The highest BCUT2D eigenvalue weighted by Gasteiger charge is 2.36. The van der Waals surface area contributed by atoms with Crippen LogP contribution in [0.5, 0.6) is 0 Å². The molecule has 2 atom stereocenters. The lowest BCUT2D eigenvalue weighted by Crippen LogP contribution is -2.31. The molecule has 1 aliphatic heterocycles. The summed E-state index contributed by atoms with van der Waals surface area (Å²) >= 11 is 0. The molecular formula is C7H11F2NO3. The second kappa shape index (κ2) is 4.48. The first-order valence-electron chi connectivity index (χ1n) is 3.87. The molecule has 4 nitrogen and oxygen atoms in total. The minimum absolute atomic E-state index is 0.254. The molecule has 0 aromatic heterocycles. The largest absolute Gasteiger partial charge is 0.469 e. The van der Waals surface area contributed by atoms with Crippen LogP contribution in [-0.4, -0.2) is 38.9 Å². The van der Waals surface area contributed by atoms with E-state index >= 15 is 0 Å². The minimum atomic E-state index is -2.85. The molecule has 6 heteroatoms. The van der Waals surface area contributed by atoms with E-state index in [0.29, 0.717) is 6.54 Å². The third-order valence-electron chi connectivity index (χ3n) is 1.94. The monoisotopic (exact) mass is 195 g/mol. The molecule has 0 spiro atoms. The Morgan fingerprint density at radius 2 is 2.23 bits per heavy atom. The molecule has 1 saturated heterocycles. The zero-order valence-corrected chi connectivity index (χ0v) is 7.13. The molecule has 0 unspecified atom stereocenters. The summed E-state index contributed by atoms with van der Waals surface area (Å²) in [4.78, 5) is 11.0. The smallest absolute Gasteiger partial charge is 0.345 e. The van der Waals surface area contributed by atoms with Gasteiger partial charge in [-0.25, -0.2) is 0 Å². The Morgan fingerprint density at radius 3 is 2.77 bits per heavy atom. The van der Waals surface area contributed by atoms with Crippen molar-refractivity contribution in [1.29, 1.82) is 0 Å². The molecule has 0 saturated carbocycles. The maximum Gasteiger partial charge on any atom is 0.345 e. The van der Waals surface area contributed by atoms with Crippen molar-refractivity contribution in [2.75, 3.05) is 20.2 Å². The fraction of sp³-hybridized carbons (Fsp3) is 0.857. The normalized spacial score (nSPS) is 28.0. The molecule has 0 radical (unpaired) electrons. The Bertz CT molecular complexity index is 189. The van der Waals surface area contributed by atoms with Crippen molar-refractivity contribution in [2.45, 2.75) is 12.7 Å². The zero-order chi connectivity index (χ0) is 9.84. The standard InChI is InChI=1S/C7H11F2NO3/c1-12-6(11)4-2-10-3-5(4)13-7(8)9/h4-5,7,10H,2-3H2,1H3/t4-,5-/m0/s1. The van der Waals surface area contributed by atoms with Gasteiger partial charge in [-0.2, -0.15) is 8.78 Å². The van der Waals surface area contributed by atoms with Crippen LogP contribution in [0.2, 0.25) is 0 Å². The van der Waals surface area contributed by atoms with E-state index in [0.717, 1.165) is 0 Å². The van der Waals surface area contributed by atoms with E-state index in [-0.39, 0.29) is 6.54 Å². The van der Waals surface area contributed by atoms with Crippen molar-refractivity contribution < 1.29 is 23.0 Å². The van der Waals surface area contributed by atoms with Gasteiger partial charge in [0.1, 0.15) is 0 Å². The highest BCUT2D eigenvalue weighted by Crippen LogP contribution is 2.16. The number of halogens is 2. The van der Waals surface area contributed by atoms with Gasteiger partial charge in [-0.15, -0.1) is 0 Å². The van der Waals surface area contributed by atoms with Gasteiger partial charge in [0.15, 0.2) is 0 Å². The van der Waals surface area contributed by atoms with Gasteiger partial charge in [0, 0.05) is 13.1 Å². The summed E-state index contributed by atoms with van der Waals surface area (Å²) in [7, 11) is 1.22. The molecule has 1 heterocycles. The first kappa shape index (κ1) is 10.3. The Labute approximate surface area is 74.2 Å². The van der Waals surface area contributed by atoms with Crippen LogP contribution in [0.25, 0.3) is 0 Å². The van der Waals surface area contributed by atoms with Crippen LogP contribution >= 0.6 is 0 Å². The first-order chi connectivity index (χ1) is 6.15. The molecule has 1 N–H and O–H groups in total. The van der Waals surface area contributed by atoms with E-state index in [9.17, 15) is 13.6 Å². The number of rotatable bonds is 3. The number of carbonyl (C=O) groups is 1. The van der Waals surface area contributed by atoms with Crippen LogP contribution in [0.15, 0.2) is 0 Å². The fourth-order valence-corrected chi connectivity index (χ4v) is 1.32. The minimum Gasteiger partial charge on any atom is -0.469 e. The third-order valence-corrected chi connectivity index (χ3v) is 1.94. The average Bonchev–Trinajstić information content (AvgIpc) is 2.50. The van der Waals surface area contributed by atoms with Crippen LogP contribution in [0.1, 0.15) is 0 Å². The molecule has 0 aromatic rings. The van der Waals surface area contributed by atoms with E-state index in [2.05, 4.69) is 14.8 Å². The Hall–Kier alpha value is -0.750. The van der Waals surface area contributed by atoms with Crippen LogP contribution < -0.4 is 5.32 Å². The van der Waals surface area contributed by atoms with Gasteiger partial charge in [-0.05, 0) is 0 Å². The van der Waals surface area contributed by atoms with Gasteiger partial charge in [0.25, 0.3) is 0 Å². The maximum absolute atomic E-state index is 11.8. The average molecular weight is 195 g/mol. The van der Waals surface area contributed by atoms with Crippen molar-refractivity contribution in [1.82, 2.24) is 5.32 Å². The molecule has 1 fully saturated rings. The van der Waals surface area contributed by atoms with Crippen molar-refractivity contribution in [2.24, 2.45) is 5.92 Å². The summed E-state index contributed by atoms with van der Waals surface area (Å²) in [5.41, 5.74) is 0. The molecule has 0 bridgehead atoms. The number of nitrogens with one attached hydrogen (secondary N) is 1. The topological polar surface area (TPSA) is 47.6 Å². The van der Waals surface area contributed by atoms with Crippen LogP contribution in [0.3, 0.4) is 0 Å². The molecule has 76 valence electrons. The summed E-state index contributed by atoms with van der Waals surface area (Å²) in [6, 6.07) is 0. The molecule has 13 heavy (non-hydrogen) atoms. The highest BCUT2D eigenvalue weighted by molar-refractivity contribution is 5.73. The number of hydrogen-bond donors (Lipinski definition) is 1. The molecular weight excluding hydrogens is 184 g/mol. The van der Waals surface area contributed by atoms with E-state index in [4.69, 9.17) is 0 Å². The predicted molar refractivity (Wildman–Crippen MR) is 39.3 cm³/mol. The molecule has 0 aromatic carbocycles. The van der Waals surface area contributed by atoms with Crippen molar-refractivity contribution in [3.8, 4) is 0 Å². The number of alkyl halides is 2. The quantitative estimate of drug-likeness (QED) is 0.643. The van der Waals surface area contributed by atoms with Crippen molar-refractivity contribution in [3.05, 3.63) is 0 Å². The number of esters is 1. The van der Waals surface area contributed by atoms with E-state index in [1.165, 1.54) is 7.11 Å². The summed E-state index contributed by atoms with van der Waals surface area (Å²) in [6.45, 7) is -2.27. The number of ether oxygens (including phenoxy) is 2. The van der Waals surface area contributed by atoms with Crippen molar-refractivity contribution >= 4 is 5.97 Å². The lowest BCUT2D eigenvalue weighted by Gasteiger charge is -2.15. The molecule has 0 amide bonds. The van der Waals surface area contributed by atoms with Gasteiger partial charge >= 0.3 is 12.6 Å². The maximum atomic E-state index is 11.8. The van der Waals surface area contributed by atoms with E-state index in [1.807, 2.05) is 0 Å². The van der Waals surface area contributed by atoms with Crippen molar-refractivity contribution in [3.63, 3.8) is 0 Å².